The molecule has 0 fully saturated rings. The Morgan fingerprint density at radius 3 is 2.48 bits per heavy atom. The van der Waals surface area contributed by atoms with Crippen LogP contribution in [0.15, 0.2) is 47.5 Å². The SMILES string of the molecule is CN=C(NCCc1ccc(C)c(OC)c1)NCCc1ccccc1F. The number of nitrogens with zero attached hydrogens (tertiary/aromatic N) is 1. The molecule has 0 saturated heterocycles. The average Bonchev–Trinajstić information content (AvgIpc) is 2.63. The summed E-state index contributed by atoms with van der Waals surface area (Å²) in [5.41, 5.74) is 3.04. The minimum absolute atomic E-state index is 0.166. The van der Waals surface area contributed by atoms with E-state index in [1.807, 2.05) is 13.0 Å². The van der Waals surface area contributed by atoms with Gasteiger partial charge in [0, 0.05) is 20.1 Å². The van der Waals surface area contributed by atoms with E-state index in [-0.39, 0.29) is 5.82 Å². The molecule has 0 aliphatic carbocycles. The molecule has 2 aromatic rings. The van der Waals surface area contributed by atoms with Crippen LogP contribution in [-0.2, 0) is 12.8 Å². The zero-order chi connectivity index (χ0) is 18.1. The van der Waals surface area contributed by atoms with Gasteiger partial charge in [0.15, 0.2) is 5.96 Å². The van der Waals surface area contributed by atoms with E-state index in [9.17, 15) is 4.39 Å². The second-order valence-electron chi connectivity index (χ2n) is 5.82. The van der Waals surface area contributed by atoms with Crippen LogP contribution in [0, 0.1) is 12.7 Å². The van der Waals surface area contributed by atoms with Crippen molar-refractivity contribution in [3.63, 3.8) is 0 Å². The topological polar surface area (TPSA) is 45.7 Å². The highest BCUT2D eigenvalue weighted by Crippen LogP contribution is 2.18. The van der Waals surface area contributed by atoms with Crippen molar-refractivity contribution in [1.82, 2.24) is 10.6 Å². The van der Waals surface area contributed by atoms with Crippen LogP contribution in [0.5, 0.6) is 5.75 Å². The lowest BCUT2D eigenvalue weighted by Gasteiger charge is -2.13. The van der Waals surface area contributed by atoms with Gasteiger partial charge in [-0.25, -0.2) is 4.39 Å². The summed E-state index contributed by atoms with van der Waals surface area (Å²) in [6.07, 6.45) is 1.48. The molecule has 0 bridgehead atoms. The summed E-state index contributed by atoms with van der Waals surface area (Å²) in [5.74, 6) is 1.46. The molecule has 0 radical (unpaired) electrons. The molecule has 0 unspecified atom stereocenters. The van der Waals surface area contributed by atoms with E-state index in [4.69, 9.17) is 4.74 Å². The number of halogens is 1. The molecule has 0 aliphatic rings. The Kier molecular flexibility index (Phi) is 7.26. The van der Waals surface area contributed by atoms with Crippen molar-refractivity contribution in [2.24, 2.45) is 4.99 Å². The van der Waals surface area contributed by atoms with Gasteiger partial charge in [-0.05, 0) is 48.6 Å². The molecule has 2 aromatic carbocycles. The molecule has 0 amide bonds. The molecule has 0 spiro atoms. The lowest BCUT2D eigenvalue weighted by Crippen LogP contribution is -2.39. The average molecular weight is 343 g/mol. The Morgan fingerprint density at radius 2 is 1.80 bits per heavy atom. The van der Waals surface area contributed by atoms with Crippen molar-refractivity contribution in [2.75, 3.05) is 27.2 Å². The first-order valence-electron chi connectivity index (χ1n) is 8.45. The van der Waals surface area contributed by atoms with Crippen LogP contribution in [-0.4, -0.2) is 33.2 Å². The first kappa shape index (κ1) is 18.8. The van der Waals surface area contributed by atoms with Gasteiger partial charge in [0.1, 0.15) is 11.6 Å². The Bertz CT molecular complexity index is 716. The molecule has 0 atom stereocenters. The maximum atomic E-state index is 13.6. The highest BCUT2D eigenvalue weighted by atomic mass is 19.1. The largest absolute Gasteiger partial charge is 0.496 e. The van der Waals surface area contributed by atoms with Crippen LogP contribution in [0.2, 0.25) is 0 Å². The van der Waals surface area contributed by atoms with Crippen LogP contribution in [0.3, 0.4) is 0 Å². The minimum atomic E-state index is -0.166. The minimum Gasteiger partial charge on any atom is -0.496 e. The van der Waals surface area contributed by atoms with Crippen molar-refractivity contribution in [3.8, 4) is 5.75 Å². The summed E-state index contributed by atoms with van der Waals surface area (Å²) < 4.78 is 18.9. The Hall–Kier alpha value is -2.56. The van der Waals surface area contributed by atoms with Crippen molar-refractivity contribution < 1.29 is 9.13 Å². The van der Waals surface area contributed by atoms with Gasteiger partial charge in [-0.1, -0.05) is 30.3 Å². The number of ether oxygens (including phenoxy) is 1. The van der Waals surface area contributed by atoms with Gasteiger partial charge in [-0.15, -0.1) is 0 Å². The standard InChI is InChI=1S/C20H26FN3O/c1-15-8-9-16(14-19(15)25-3)10-12-23-20(22-2)24-13-11-17-6-4-5-7-18(17)21/h4-9,14H,10-13H2,1-3H3,(H2,22,23,24). The van der Waals surface area contributed by atoms with E-state index in [1.54, 1.807) is 26.3 Å². The number of hydrogen-bond donors (Lipinski definition) is 2. The summed E-state index contributed by atoms with van der Waals surface area (Å²) in [6.45, 7) is 3.41. The smallest absolute Gasteiger partial charge is 0.190 e. The van der Waals surface area contributed by atoms with E-state index < -0.39 is 0 Å². The van der Waals surface area contributed by atoms with Crippen molar-refractivity contribution in [3.05, 3.63) is 65.0 Å². The van der Waals surface area contributed by atoms with Crippen molar-refractivity contribution >= 4 is 5.96 Å². The first-order valence-corrected chi connectivity index (χ1v) is 8.45. The summed E-state index contributed by atoms with van der Waals surface area (Å²) in [4.78, 5) is 4.20. The van der Waals surface area contributed by atoms with Crippen molar-refractivity contribution in [2.45, 2.75) is 19.8 Å². The van der Waals surface area contributed by atoms with E-state index in [2.05, 4.69) is 33.8 Å². The molecule has 0 saturated carbocycles. The van der Waals surface area contributed by atoms with Gasteiger partial charge in [0.2, 0.25) is 0 Å². The number of rotatable bonds is 7. The summed E-state index contributed by atoms with van der Waals surface area (Å²) >= 11 is 0. The van der Waals surface area contributed by atoms with Gasteiger partial charge < -0.3 is 15.4 Å². The van der Waals surface area contributed by atoms with E-state index in [0.717, 1.165) is 30.2 Å². The third-order valence-electron chi connectivity index (χ3n) is 4.05. The highest BCUT2D eigenvalue weighted by molar-refractivity contribution is 5.79. The first-order chi connectivity index (χ1) is 12.1. The number of benzene rings is 2. The zero-order valence-corrected chi connectivity index (χ0v) is 15.1. The number of hydrogen-bond acceptors (Lipinski definition) is 2. The van der Waals surface area contributed by atoms with E-state index in [1.165, 1.54) is 11.6 Å². The van der Waals surface area contributed by atoms with Crippen LogP contribution in [0.1, 0.15) is 16.7 Å². The molecule has 134 valence electrons. The molecule has 25 heavy (non-hydrogen) atoms. The molecule has 2 N–H and O–H groups in total. The predicted octanol–water partition coefficient (Wildman–Crippen LogP) is 3.09. The summed E-state index contributed by atoms with van der Waals surface area (Å²) in [6, 6.07) is 13.1. The van der Waals surface area contributed by atoms with Gasteiger partial charge in [0.05, 0.1) is 7.11 Å². The summed E-state index contributed by atoms with van der Waals surface area (Å²) in [5, 5.41) is 6.49. The fourth-order valence-corrected chi connectivity index (χ4v) is 2.58. The van der Waals surface area contributed by atoms with Gasteiger partial charge in [0.25, 0.3) is 0 Å². The Labute approximate surface area is 149 Å². The van der Waals surface area contributed by atoms with Gasteiger partial charge in [-0.3, -0.25) is 4.99 Å². The molecule has 0 heterocycles. The second kappa shape index (κ2) is 9.67. The van der Waals surface area contributed by atoms with Crippen molar-refractivity contribution in [1.29, 1.82) is 0 Å². The predicted molar refractivity (Wildman–Crippen MR) is 101 cm³/mol. The highest BCUT2D eigenvalue weighted by Gasteiger charge is 2.03. The second-order valence-corrected chi connectivity index (χ2v) is 5.82. The Balaban J connectivity index is 1.76. The quantitative estimate of drug-likeness (QED) is 0.600. The van der Waals surface area contributed by atoms with Crippen LogP contribution < -0.4 is 15.4 Å². The Morgan fingerprint density at radius 1 is 1.08 bits per heavy atom. The third-order valence-corrected chi connectivity index (χ3v) is 4.05. The zero-order valence-electron chi connectivity index (χ0n) is 15.1. The van der Waals surface area contributed by atoms with Crippen LogP contribution >= 0.6 is 0 Å². The molecular weight excluding hydrogens is 317 g/mol. The fraction of sp³-hybridized carbons (Fsp3) is 0.350. The summed E-state index contributed by atoms with van der Waals surface area (Å²) in [7, 11) is 3.42. The van der Waals surface area contributed by atoms with E-state index >= 15 is 0 Å². The number of methoxy groups -OCH3 is 1. The maximum absolute atomic E-state index is 13.6. The van der Waals surface area contributed by atoms with Gasteiger partial charge in [-0.2, -0.15) is 0 Å². The number of aryl methyl sites for hydroxylation is 1. The molecule has 4 nitrogen and oxygen atoms in total. The normalized spacial score (nSPS) is 11.3. The lowest BCUT2D eigenvalue weighted by atomic mass is 10.1. The van der Waals surface area contributed by atoms with Crippen LogP contribution in [0.25, 0.3) is 0 Å². The molecule has 2 rings (SSSR count). The van der Waals surface area contributed by atoms with Gasteiger partial charge >= 0.3 is 0 Å². The number of aliphatic imine (C=N–C) groups is 1. The molecular formula is C20H26FN3O. The maximum Gasteiger partial charge on any atom is 0.190 e. The number of guanidine groups is 1. The number of nitrogens with one attached hydrogen (secondary N) is 2. The molecule has 0 aliphatic heterocycles. The lowest BCUT2D eigenvalue weighted by molar-refractivity contribution is 0.411. The van der Waals surface area contributed by atoms with Crippen LogP contribution in [0.4, 0.5) is 4.39 Å². The molecule has 0 aromatic heterocycles. The molecule has 5 heteroatoms. The fourth-order valence-electron chi connectivity index (χ4n) is 2.58. The monoisotopic (exact) mass is 343 g/mol. The third kappa shape index (κ3) is 5.78. The van der Waals surface area contributed by atoms with E-state index in [0.29, 0.717) is 18.5 Å².